The second-order valence-corrected chi connectivity index (χ2v) is 6.39. The summed E-state index contributed by atoms with van der Waals surface area (Å²) in [5.41, 5.74) is 0.223. The first-order valence-electron chi connectivity index (χ1n) is 9.06. The molecule has 0 saturated carbocycles. The molecule has 134 valence electrons. The minimum absolute atomic E-state index is 0.0792. The molecule has 0 spiro atoms. The number of hydrogen-bond acceptors (Lipinski definition) is 4. The molecule has 6 nitrogen and oxygen atoms in total. The van der Waals surface area contributed by atoms with Crippen molar-refractivity contribution < 1.29 is 9.53 Å². The number of likely N-dealkylation sites (tertiary alicyclic amines) is 1. The molecule has 0 bridgehead atoms. The average Bonchev–Trinajstić information content (AvgIpc) is 2.64. The Morgan fingerprint density at radius 1 is 1.28 bits per heavy atom. The van der Waals surface area contributed by atoms with Gasteiger partial charge in [0.05, 0.1) is 11.5 Å². The fourth-order valence-corrected chi connectivity index (χ4v) is 3.40. The summed E-state index contributed by atoms with van der Waals surface area (Å²) < 4.78 is 7.11. The first kappa shape index (κ1) is 17.6. The number of aromatic nitrogens is 2. The highest BCUT2D eigenvalue weighted by atomic mass is 16.5. The van der Waals surface area contributed by atoms with Crippen molar-refractivity contribution in [3.63, 3.8) is 0 Å². The van der Waals surface area contributed by atoms with Crippen molar-refractivity contribution in [3.8, 4) is 0 Å². The zero-order valence-corrected chi connectivity index (χ0v) is 14.9. The van der Waals surface area contributed by atoms with Crippen LogP contribution in [-0.2, 0) is 11.3 Å². The number of ether oxygens (including phenoxy) is 1. The molecule has 1 unspecified atom stereocenters. The molecule has 25 heavy (non-hydrogen) atoms. The molecule has 1 aromatic carbocycles. The highest BCUT2D eigenvalue weighted by Crippen LogP contribution is 2.19. The maximum absolute atomic E-state index is 13.1. The number of hydrogen-bond donors (Lipinski definition) is 0. The van der Waals surface area contributed by atoms with Crippen LogP contribution < -0.4 is 5.56 Å². The smallest absolute Gasteiger partial charge is 0.275 e. The lowest BCUT2D eigenvalue weighted by atomic mass is 10.1. The van der Waals surface area contributed by atoms with E-state index in [9.17, 15) is 9.59 Å². The van der Waals surface area contributed by atoms with E-state index in [2.05, 4.69) is 5.10 Å². The summed E-state index contributed by atoms with van der Waals surface area (Å²) in [6.45, 7) is 6.39. The van der Waals surface area contributed by atoms with Crippen LogP contribution in [0.5, 0.6) is 0 Å². The van der Waals surface area contributed by atoms with Crippen LogP contribution in [0.3, 0.4) is 0 Å². The summed E-state index contributed by atoms with van der Waals surface area (Å²) in [4.78, 5) is 27.5. The van der Waals surface area contributed by atoms with E-state index in [0.29, 0.717) is 42.7 Å². The number of amides is 1. The van der Waals surface area contributed by atoms with E-state index in [1.54, 1.807) is 17.0 Å². The van der Waals surface area contributed by atoms with Gasteiger partial charge < -0.3 is 9.64 Å². The van der Waals surface area contributed by atoms with Crippen LogP contribution in [0.15, 0.2) is 29.1 Å². The van der Waals surface area contributed by atoms with E-state index in [1.165, 1.54) is 4.68 Å². The largest absolute Gasteiger partial charge is 0.377 e. The third-order valence-corrected chi connectivity index (χ3v) is 4.57. The Labute approximate surface area is 147 Å². The average molecular weight is 343 g/mol. The topological polar surface area (TPSA) is 64.4 Å². The van der Waals surface area contributed by atoms with Crippen molar-refractivity contribution in [1.82, 2.24) is 14.7 Å². The van der Waals surface area contributed by atoms with Crippen LogP contribution in [0, 0.1) is 0 Å². The van der Waals surface area contributed by atoms with Gasteiger partial charge in [0.1, 0.15) is 0 Å². The maximum Gasteiger partial charge on any atom is 0.275 e. The molecule has 2 aromatic rings. The Morgan fingerprint density at radius 2 is 2.04 bits per heavy atom. The van der Waals surface area contributed by atoms with Gasteiger partial charge in [0.15, 0.2) is 5.69 Å². The maximum atomic E-state index is 13.1. The van der Waals surface area contributed by atoms with E-state index in [1.807, 2.05) is 26.0 Å². The van der Waals surface area contributed by atoms with Gasteiger partial charge in [-0.3, -0.25) is 9.59 Å². The molecular formula is C19H25N3O3. The Morgan fingerprint density at radius 3 is 2.76 bits per heavy atom. The van der Waals surface area contributed by atoms with E-state index in [-0.39, 0.29) is 17.6 Å². The second kappa shape index (κ2) is 7.78. The first-order chi connectivity index (χ1) is 12.2. The lowest BCUT2D eigenvalue weighted by molar-refractivity contribution is 0.00702. The molecule has 0 N–H and O–H groups in total. The van der Waals surface area contributed by atoms with Gasteiger partial charge in [-0.1, -0.05) is 25.1 Å². The summed E-state index contributed by atoms with van der Waals surface area (Å²) in [5.74, 6) is -0.120. The molecular weight excluding hydrogens is 318 g/mol. The molecule has 1 amide bonds. The summed E-state index contributed by atoms with van der Waals surface area (Å²) in [6.07, 6.45) is 2.76. The molecule has 0 aliphatic carbocycles. The Balaban J connectivity index is 2.00. The molecule has 0 radical (unpaired) electrons. The van der Waals surface area contributed by atoms with Crippen LogP contribution in [-0.4, -0.2) is 46.4 Å². The predicted molar refractivity (Wildman–Crippen MR) is 96.8 cm³/mol. The predicted octanol–water partition coefficient (Wildman–Crippen LogP) is 2.45. The van der Waals surface area contributed by atoms with Crippen LogP contribution in [0.25, 0.3) is 10.8 Å². The lowest BCUT2D eigenvalue weighted by Gasteiger charge is -2.32. The van der Waals surface area contributed by atoms with E-state index in [0.717, 1.165) is 19.3 Å². The van der Waals surface area contributed by atoms with Crippen LogP contribution in [0.4, 0.5) is 0 Å². The standard InChI is InChI=1S/C19H25N3O3/c1-3-11-22-18(23)16-10-6-5-9-15(16)17(20-22)19(24)21-12-7-8-14(13-21)25-4-2/h5-6,9-10,14H,3-4,7-8,11-13H2,1-2H3. The van der Waals surface area contributed by atoms with Crippen LogP contribution >= 0.6 is 0 Å². The monoisotopic (exact) mass is 343 g/mol. The number of carbonyl (C=O) groups excluding carboxylic acids is 1. The fraction of sp³-hybridized carbons (Fsp3) is 0.526. The minimum Gasteiger partial charge on any atom is -0.377 e. The van der Waals surface area contributed by atoms with E-state index >= 15 is 0 Å². The lowest BCUT2D eigenvalue weighted by Crippen LogP contribution is -2.44. The van der Waals surface area contributed by atoms with Gasteiger partial charge >= 0.3 is 0 Å². The van der Waals surface area contributed by atoms with E-state index in [4.69, 9.17) is 4.74 Å². The molecule has 1 fully saturated rings. The molecule has 3 rings (SSSR count). The Bertz CT molecular complexity index is 813. The summed E-state index contributed by atoms with van der Waals surface area (Å²) >= 11 is 0. The molecule has 1 aliphatic heterocycles. The van der Waals surface area contributed by atoms with Crippen molar-refractivity contribution in [2.45, 2.75) is 45.8 Å². The van der Waals surface area contributed by atoms with Gasteiger partial charge in [-0.05, 0) is 32.3 Å². The number of piperidine rings is 1. The van der Waals surface area contributed by atoms with Crippen LogP contribution in [0.2, 0.25) is 0 Å². The second-order valence-electron chi connectivity index (χ2n) is 6.39. The Kier molecular flexibility index (Phi) is 5.48. The van der Waals surface area contributed by atoms with Crippen molar-refractivity contribution in [2.75, 3.05) is 19.7 Å². The van der Waals surface area contributed by atoms with Crippen molar-refractivity contribution in [3.05, 3.63) is 40.3 Å². The third-order valence-electron chi connectivity index (χ3n) is 4.57. The number of aryl methyl sites for hydroxylation is 1. The Hall–Kier alpha value is -2.21. The molecule has 1 atom stereocenters. The summed E-state index contributed by atoms with van der Waals surface area (Å²) in [7, 11) is 0. The number of carbonyl (C=O) groups is 1. The normalized spacial score (nSPS) is 17.8. The number of rotatable bonds is 5. The van der Waals surface area contributed by atoms with Gasteiger partial charge in [-0.25, -0.2) is 4.68 Å². The van der Waals surface area contributed by atoms with Gasteiger partial charge in [-0.2, -0.15) is 5.10 Å². The number of nitrogens with zero attached hydrogens (tertiary/aromatic N) is 3. The van der Waals surface area contributed by atoms with Crippen LogP contribution in [0.1, 0.15) is 43.6 Å². The van der Waals surface area contributed by atoms with Crippen molar-refractivity contribution in [1.29, 1.82) is 0 Å². The molecule has 6 heteroatoms. The third kappa shape index (κ3) is 3.58. The highest BCUT2D eigenvalue weighted by Gasteiger charge is 2.27. The molecule has 1 saturated heterocycles. The van der Waals surface area contributed by atoms with Gasteiger partial charge in [0, 0.05) is 31.6 Å². The zero-order valence-electron chi connectivity index (χ0n) is 14.9. The molecule has 1 aliphatic rings. The summed E-state index contributed by atoms with van der Waals surface area (Å²) in [5, 5.41) is 5.59. The number of fused-ring (bicyclic) bond motifs is 1. The van der Waals surface area contributed by atoms with E-state index < -0.39 is 0 Å². The van der Waals surface area contributed by atoms with Crippen molar-refractivity contribution in [2.24, 2.45) is 0 Å². The minimum atomic E-state index is -0.139. The highest BCUT2D eigenvalue weighted by molar-refractivity contribution is 6.04. The quantitative estimate of drug-likeness (QED) is 0.836. The summed E-state index contributed by atoms with van der Waals surface area (Å²) in [6, 6.07) is 7.22. The SMILES string of the molecule is CCCn1nc(C(=O)N2CCCC(OCC)C2)c2ccccc2c1=O. The number of benzene rings is 1. The van der Waals surface area contributed by atoms with Gasteiger partial charge in [0.25, 0.3) is 11.5 Å². The van der Waals surface area contributed by atoms with Gasteiger partial charge in [0.2, 0.25) is 0 Å². The fourth-order valence-electron chi connectivity index (χ4n) is 3.40. The zero-order chi connectivity index (χ0) is 17.8. The molecule has 2 heterocycles. The van der Waals surface area contributed by atoms with Crippen molar-refractivity contribution >= 4 is 16.7 Å². The van der Waals surface area contributed by atoms with Gasteiger partial charge in [-0.15, -0.1) is 0 Å². The first-order valence-corrected chi connectivity index (χ1v) is 9.06. The molecule has 1 aromatic heterocycles.